The number of nitrogens with two attached hydrogens (primary N) is 1. The minimum Gasteiger partial charge on any atom is -0.234 e. The highest BCUT2D eigenvalue weighted by atomic mass is 32.2. The molecule has 1 aromatic rings. The van der Waals surface area contributed by atoms with Crippen molar-refractivity contribution in [1.29, 1.82) is 0 Å². The maximum Gasteiger partial charge on any atom is 0.210 e. The van der Waals surface area contributed by atoms with Gasteiger partial charge in [-0.15, -0.1) is 11.3 Å². The third-order valence-corrected chi connectivity index (χ3v) is 5.34. The summed E-state index contributed by atoms with van der Waals surface area (Å²) in [4.78, 5) is 3.58. The molecule has 0 aliphatic rings. The van der Waals surface area contributed by atoms with E-state index in [-0.39, 0.29) is 4.34 Å². The molecule has 0 radical (unpaired) electrons. The van der Waals surface area contributed by atoms with Gasteiger partial charge in [-0.2, -0.15) is 0 Å². The summed E-state index contributed by atoms with van der Waals surface area (Å²) in [6, 6.07) is 0. The second-order valence-corrected chi connectivity index (χ2v) is 7.40. The average Bonchev–Trinajstić information content (AvgIpc) is 2.52. The molecule has 9 heteroatoms. The lowest BCUT2D eigenvalue weighted by atomic mass is 11.0. The van der Waals surface area contributed by atoms with Crippen LogP contribution in [-0.2, 0) is 19.9 Å². The zero-order valence-corrected chi connectivity index (χ0v) is 9.40. The van der Waals surface area contributed by atoms with E-state index in [1.807, 2.05) is 0 Å². The van der Waals surface area contributed by atoms with Gasteiger partial charge < -0.3 is 0 Å². The van der Waals surface area contributed by atoms with Crippen molar-refractivity contribution in [1.82, 2.24) is 4.98 Å². The van der Waals surface area contributed by atoms with Gasteiger partial charge in [-0.3, -0.25) is 0 Å². The molecule has 2 N–H and O–H groups in total. The van der Waals surface area contributed by atoms with Crippen molar-refractivity contribution in [2.75, 3.05) is 11.5 Å². The van der Waals surface area contributed by atoms with Gasteiger partial charge in [-0.25, -0.2) is 27.0 Å². The molecule has 14 heavy (non-hydrogen) atoms. The zero-order valence-electron chi connectivity index (χ0n) is 6.95. The minimum atomic E-state index is -3.75. The molecule has 0 spiro atoms. The molecule has 0 bridgehead atoms. The number of sulfone groups is 1. The second-order valence-electron chi connectivity index (χ2n) is 2.48. The Morgan fingerprint density at radius 1 is 1.29 bits per heavy atom. The third-order valence-electron chi connectivity index (χ3n) is 1.31. The van der Waals surface area contributed by atoms with Crippen LogP contribution in [0.25, 0.3) is 0 Å². The van der Waals surface area contributed by atoms with Crippen molar-refractivity contribution < 1.29 is 16.8 Å². The summed E-state index contributed by atoms with van der Waals surface area (Å²) in [5, 5.41) is 6.19. The van der Waals surface area contributed by atoms with Crippen LogP contribution in [0.2, 0.25) is 0 Å². The Hall–Kier alpha value is -0.510. The van der Waals surface area contributed by atoms with Gasteiger partial charge >= 0.3 is 0 Å². The summed E-state index contributed by atoms with van der Waals surface area (Å²) in [5.74, 6) is -1.12. The van der Waals surface area contributed by atoms with E-state index in [4.69, 9.17) is 0 Å². The van der Waals surface area contributed by atoms with Gasteiger partial charge in [0.1, 0.15) is 0 Å². The van der Waals surface area contributed by atoms with E-state index in [0.29, 0.717) is 0 Å². The number of hydrogen-bond donors (Lipinski definition) is 1. The van der Waals surface area contributed by atoms with Crippen molar-refractivity contribution in [3.63, 3.8) is 0 Å². The lowest BCUT2D eigenvalue weighted by molar-refractivity contribution is 0.588. The lowest BCUT2D eigenvalue weighted by Crippen LogP contribution is -2.23. The number of nitrogens with zero attached hydrogens (tertiary/aromatic N) is 1. The molecular weight excluding hydrogens is 248 g/mol. The highest BCUT2D eigenvalue weighted by molar-refractivity contribution is 7.95. The molecule has 0 fully saturated rings. The van der Waals surface area contributed by atoms with E-state index in [1.165, 1.54) is 11.6 Å². The van der Waals surface area contributed by atoms with Gasteiger partial charge in [0.15, 0.2) is 0 Å². The molecule has 0 amide bonds. The monoisotopic (exact) mass is 256 g/mol. The standard InChI is InChI=1S/C5H8N2O4S3/c6-14(10,11)4-3-13(8,9)5-7-1-2-12-5/h1-2H,3-4H2,(H2,6,10,11). The zero-order chi connectivity index (χ0) is 10.8. The Kier molecular flexibility index (Phi) is 3.24. The smallest absolute Gasteiger partial charge is 0.210 e. The number of primary sulfonamides is 1. The van der Waals surface area contributed by atoms with Crippen molar-refractivity contribution in [3.05, 3.63) is 11.6 Å². The fourth-order valence-electron chi connectivity index (χ4n) is 0.677. The predicted octanol–water partition coefficient (Wildman–Crippen LogP) is -0.795. The summed E-state index contributed by atoms with van der Waals surface area (Å²) in [6.07, 6.45) is 1.34. The highest BCUT2D eigenvalue weighted by Crippen LogP contribution is 2.13. The van der Waals surface area contributed by atoms with E-state index < -0.39 is 31.4 Å². The lowest BCUT2D eigenvalue weighted by Gasteiger charge is -1.98. The fourth-order valence-corrected chi connectivity index (χ4v) is 4.24. The van der Waals surface area contributed by atoms with Crippen LogP contribution in [0.4, 0.5) is 0 Å². The van der Waals surface area contributed by atoms with Crippen molar-refractivity contribution in [2.45, 2.75) is 4.34 Å². The molecular formula is C5H8N2O4S3. The third kappa shape index (κ3) is 3.33. The number of rotatable bonds is 4. The van der Waals surface area contributed by atoms with Gasteiger partial charge in [0, 0.05) is 11.6 Å². The first-order valence-electron chi connectivity index (χ1n) is 3.44. The van der Waals surface area contributed by atoms with Crippen LogP contribution < -0.4 is 5.14 Å². The molecule has 0 aliphatic carbocycles. The van der Waals surface area contributed by atoms with E-state index >= 15 is 0 Å². The Balaban J connectivity index is 2.80. The molecule has 6 nitrogen and oxygen atoms in total. The normalized spacial score (nSPS) is 12.9. The number of sulfonamides is 1. The summed E-state index contributed by atoms with van der Waals surface area (Å²) < 4.78 is 43.7. The predicted molar refractivity (Wildman–Crippen MR) is 52.1 cm³/mol. The molecule has 0 aliphatic heterocycles. The van der Waals surface area contributed by atoms with E-state index in [1.54, 1.807) is 0 Å². The topological polar surface area (TPSA) is 107 Å². The Bertz CT molecular complexity index is 487. The van der Waals surface area contributed by atoms with Crippen LogP contribution in [0, 0.1) is 0 Å². The minimum absolute atomic E-state index is 0.0823. The van der Waals surface area contributed by atoms with Crippen molar-refractivity contribution in [3.8, 4) is 0 Å². The van der Waals surface area contributed by atoms with E-state index in [9.17, 15) is 16.8 Å². The quantitative estimate of drug-likeness (QED) is 0.759. The number of thiazole rings is 1. The summed E-state index contributed by atoms with van der Waals surface area (Å²) >= 11 is 0.946. The average molecular weight is 256 g/mol. The highest BCUT2D eigenvalue weighted by Gasteiger charge is 2.19. The molecule has 0 saturated heterocycles. The summed E-state index contributed by atoms with van der Waals surface area (Å²) in [7, 11) is -7.35. The van der Waals surface area contributed by atoms with Gasteiger partial charge in [-0.1, -0.05) is 0 Å². The first kappa shape index (κ1) is 11.6. The first-order chi connectivity index (χ1) is 6.31. The van der Waals surface area contributed by atoms with E-state index in [2.05, 4.69) is 10.1 Å². The van der Waals surface area contributed by atoms with Crippen LogP contribution in [0.3, 0.4) is 0 Å². The van der Waals surface area contributed by atoms with Crippen LogP contribution in [0.1, 0.15) is 0 Å². The molecule has 0 atom stereocenters. The summed E-state index contributed by atoms with van der Waals surface area (Å²) in [6.45, 7) is 0. The maximum absolute atomic E-state index is 11.4. The van der Waals surface area contributed by atoms with Crippen LogP contribution in [-0.4, -0.2) is 33.3 Å². The van der Waals surface area contributed by atoms with E-state index in [0.717, 1.165) is 11.3 Å². The Morgan fingerprint density at radius 2 is 1.93 bits per heavy atom. The molecule has 1 rings (SSSR count). The fraction of sp³-hybridized carbons (Fsp3) is 0.400. The van der Waals surface area contributed by atoms with Gasteiger partial charge in [0.05, 0.1) is 11.5 Å². The van der Waals surface area contributed by atoms with Crippen molar-refractivity contribution in [2.24, 2.45) is 5.14 Å². The van der Waals surface area contributed by atoms with Crippen LogP contribution in [0.5, 0.6) is 0 Å². The Morgan fingerprint density at radius 3 is 2.36 bits per heavy atom. The van der Waals surface area contributed by atoms with Gasteiger partial charge in [0.25, 0.3) is 0 Å². The van der Waals surface area contributed by atoms with Crippen LogP contribution >= 0.6 is 11.3 Å². The largest absolute Gasteiger partial charge is 0.234 e. The number of hydrogen-bond acceptors (Lipinski definition) is 6. The molecule has 0 aromatic carbocycles. The Labute approximate surface area is 85.7 Å². The first-order valence-corrected chi connectivity index (χ1v) is 7.69. The molecule has 1 aromatic heterocycles. The number of aromatic nitrogens is 1. The van der Waals surface area contributed by atoms with Crippen molar-refractivity contribution >= 4 is 31.2 Å². The molecule has 80 valence electrons. The van der Waals surface area contributed by atoms with Gasteiger partial charge in [0.2, 0.25) is 24.2 Å². The van der Waals surface area contributed by atoms with Crippen LogP contribution in [0.15, 0.2) is 15.9 Å². The summed E-state index contributed by atoms with van der Waals surface area (Å²) in [5.41, 5.74) is 0. The maximum atomic E-state index is 11.4. The molecule has 0 unspecified atom stereocenters. The molecule has 1 heterocycles. The molecule has 0 saturated carbocycles. The SMILES string of the molecule is NS(=O)(=O)CCS(=O)(=O)c1nccs1. The van der Waals surface area contributed by atoms with Gasteiger partial charge in [-0.05, 0) is 0 Å². The second kappa shape index (κ2) is 3.93.